The fourth-order valence-electron chi connectivity index (χ4n) is 4.34. The first-order chi connectivity index (χ1) is 14.6. The zero-order chi connectivity index (χ0) is 20.8. The zero-order valence-electron chi connectivity index (χ0n) is 16.6. The van der Waals surface area contributed by atoms with Gasteiger partial charge in [0.1, 0.15) is 6.61 Å². The van der Waals surface area contributed by atoms with Gasteiger partial charge in [0.05, 0.1) is 29.0 Å². The van der Waals surface area contributed by atoms with Gasteiger partial charge in [-0.3, -0.25) is 13.9 Å². The SMILES string of the molecule is Cn1c(=O)n([C@H]2CCCN(C(=O)CO)C2)c2nc(-c3cnn4ccccc34)ccc21. The second-order valence-corrected chi connectivity index (χ2v) is 7.63. The minimum absolute atomic E-state index is 0.155. The number of carbonyl (C=O) groups excluding carboxylic acids is 1. The summed E-state index contributed by atoms with van der Waals surface area (Å²) in [5, 5.41) is 13.6. The molecule has 1 aliphatic rings. The molecule has 1 N–H and O–H groups in total. The summed E-state index contributed by atoms with van der Waals surface area (Å²) in [6.45, 7) is 0.464. The number of piperidine rings is 1. The molecule has 5 rings (SSSR count). The van der Waals surface area contributed by atoms with Crippen LogP contribution in [0.5, 0.6) is 0 Å². The lowest BCUT2D eigenvalue weighted by atomic mass is 10.1. The van der Waals surface area contributed by atoms with Gasteiger partial charge in [-0.2, -0.15) is 5.10 Å². The van der Waals surface area contributed by atoms with Gasteiger partial charge in [-0.05, 0) is 37.1 Å². The number of hydrogen-bond acceptors (Lipinski definition) is 5. The molecule has 4 aromatic heterocycles. The number of pyridine rings is 2. The Balaban J connectivity index is 1.64. The number of fused-ring (bicyclic) bond motifs is 2. The number of rotatable bonds is 3. The van der Waals surface area contributed by atoms with E-state index in [1.165, 1.54) is 0 Å². The van der Waals surface area contributed by atoms with Crippen LogP contribution in [0.25, 0.3) is 27.9 Å². The smallest absolute Gasteiger partial charge is 0.330 e. The molecule has 0 aliphatic carbocycles. The first kappa shape index (κ1) is 18.6. The summed E-state index contributed by atoms with van der Waals surface area (Å²) in [7, 11) is 1.73. The van der Waals surface area contributed by atoms with Gasteiger partial charge in [0.25, 0.3) is 0 Å². The van der Waals surface area contributed by atoms with Crippen molar-refractivity contribution in [2.75, 3.05) is 19.7 Å². The van der Waals surface area contributed by atoms with Crippen molar-refractivity contribution in [1.29, 1.82) is 0 Å². The van der Waals surface area contributed by atoms with E-state index in [1.54, 1.807) is 31.8 Å². The van der Waals surface area contributed by atoms with Gasteiger partial charge in [0.15, 0.2) is 5.65 Å². The lowest BCUT2D eigenvalue weighted by Gasteiger charge is -2.32. The molecule has 4 aromatic rings. The number of hydrogen-bond donors (Lipinski definition) is 1. The number of carbonyl (C=O) groups is 1. The van der Waals surface area contributed by atoms with Crippen molar-refractivity contribution in [2.45, 2.75) is 18.9 Å². The Morgan fingerprint density at radius 2 is 2.10 bits per heavy atom. The molecule has 1 fully saturated rings. The van der Waals surface area contributed by atoms with Crippen LogP contribution < -0.4 is 5.69 Å². The Hall–Kier alpha value is -3.46. The van der Waals surface area contributed by atoms with Crippen molar-refractivity contribution in [3.05, 3.63) is 53.2 Å². The molecule has 9 heteroatoms. The van der Waals surface area contributed by atoms with E-state index in [4.69, 9.17) is 4.98 Å². The predicted molar refractivity (Wildman–Crippen MR) is 111 cm³/mol. The summed E-state index contributed by atoms with van der Waals surface area (Å²) in [5.74, 6) is -0.312. The van der Waals surface area contributed by atoms with Crippen LogP contribution in [0.4, 0.5) is 0 Å². The monoisotopic (exact) mass is 406 g/mol. The molecule has 0 unspecified atom stereocenters. The van der Waals surface area contributed by atoms with Gasteiger partial charge in [0, 0.05) is 31.9 Å². The molecule has 154 valence electrons. The molecule has 1 amide bonds. The second-order valence-electron chi connectivity index (χ2n) is 7.63. The average Bonchev–Trinajstić information content (AvgIpc) is 3.32. The maximum Gasteiger partial charge on any atom is 0.330 e. The zero-order valence-corrected chi connectivity index (χ0v) is 16.6. The number of aryl methyl sites for hydroxylation is 1. The van der Waals surface area contributed by atoms with Gasteiger partial charge in [-0.25, -0.2) is 14.3 Å². The van der Waals surface area contributed by atoms with Crippen LogP contribution in [-0.4, -0.2) is 59.3 Å². The molecule has 0 saturated carbocycles. The highest BCUT2D eigenvalue weighted by atomic mass is 16.3. The van der Waals surface area contributed by atoms with Crippen LogP contribution in [0.15, 0.2) is 47.5 Å². The van der Waals surface area contributed by atoms with Crippen LogP contribution in [0, 0.1) is 0 Å². The minimum Gasteiger partial charge on any atom is -0.387 e. The lowest BCUT2D eigenvalue weighted by Crippen LogP contribution is -2.44. The van der Waals surface area contributed by atoms with E-state index in [0.29, 0.717) is 18.7 Å². The maximum atomic E-state index is 13.1. The summed E-state index contributed by atoms with van der Waals surface area (Å²) >= 11 is 0. The lowest BCUT2D eigenvalue weighted by molar-refractivity contribution is -0.135. The minimum atomic E-state index is -0.520. The maximum absolute atomic E-state index is 13.1. The summed E-state index contributed by atoms with van der Waals surface area (Å²) in [5.41, 5.74) is 3.75. The van der Waals surface area contributed by atoms with Crippen LogP contribution in [-0.2, 0) is 11.8 Å². The van der Waals surface area contributed by atoms with Crippen molar-refractivity contribution < 1.29 is 9.90 Å². The first-order valence-corrected chi connectivity index (χ1v) is 9.98. The van der Waals surface area contributed by atoms with Gasteiger partial charge < -0.3 is 10.0 Å². The van der Waals surface area contributed by atoms with Crippen molar-refractivity contribution in [1.82, 2.24) is 28.6 Å². The summed E-state index contributed by atoms with van der Waals surface area (Å²) in [4.78, 5) is 31.5. The Labute approximate surface area is 171 Å². The molecule has 9 nitrogen and oxygen atoms in total. The number of nitrogens with zero attached hydrogens (tertiary/aromatic N) is 6. The summed E-state index contributed by atoms with van der Waals surface area (Å²) in [6, 6.07) is 9.47. The highest BCUT2D eigenvalue weighted by molar-refractivity contribution is 5.82. The molecule has 1 saturated heterocycles. The Morgan fingerprint density at radius 1 is 1.23 bits per heavy atom. The van der Waals surface area contributed by atoms with Crippen LogP contribution in [0.3, 0.4) is 0 Å². The fraction of sp³-hybridized carbons (Fsp3) is 0.333. The van der Waals surface area contributed by atoms with E-state index < -0.39 is 6.61 Å². The molecule has 0 spiro atoms. The Kier molecular flexibility index (Phi) is 4.39. The van der Waals surface area contributed by atoms with Gasteiger partial charge in [-0.15, -0.1) is 0 Å². The summed E-state index contributed by atoms with van der Waals surface area (Å²) in [6.07, 6.45) is 5.20. The van der Waals surface area contributed by atoms with Crippen molar-refractivity contribution in [2.24, 2.45) is 7.05 Å². The first-order valence-electron chi connectivity index (χ1n) is 9.98. The normalized spacial score (nSPS) is 17.1. The fourth-order valence-corrected chi connectivity index (χ4v) is 4.34. The van der Waals surface area contributed by atoms with Crippen LogP contribution in [0.2, 0.25) is 0 Å². The second kappa shape index (κ2) is 7.10. The summed E-state index contributed by atoms with van der Waals surface area (Å²) < 4.78 is 5.08. The van der Waals surface area contributed by atoms with Gasteiger partial charge >= 0.3 is 5.69 Å². The topological polar surface area (TPSA) is 97.7 Å². The Morgan fingerprint density at radius 3 is 2.93 bits per heavy atom. The highest BCUT2D eigenvalue weighted by Crippen LogP contribution is 2.28. The number of aliphatic hydroxyl groups is 1. The van der Waals surface area contributed by atoms with Crippen LogP contribution >= 0.6 is 0 Å². The highest BCUT2D eigenvalue weighted by Gasteiger charge is 2.28. The number of aromatic nitrogens is 5. The molecule has 0 aromatic carbocycles. The third kappa shape index (κ3) is 2.81. The van der Waals surface area contributed by atoms with E-state index in [0.717, 1.165) is 35.1 Å². The van der Waals surface area contributed by atoms with E-state index >= 15 is 0 Å². The van der Waals surface area contributed by atoms with Gasteiger partial charge in [0.2, 0.25) is 5.91 Å². The predicted octanol–water partition coefficient (Wildman–Crippen LogP) is 1.21. The number of aliphatic hydroxyl groups excluding tert-OH is 1. The van der Waals surface area contributed by atoms with Crippen molar-refractivity contribution in [3.63, 3.8) is 0 Å². The molecule has 1 atom stereocenters. The number of imidazole rings is 1. The quantitative estimate of drug-likeness (QED) is 0.551. The van der Waals surface area contributed by atoms with Gasteiger partial charge in [-0.1, -0.05) is 6.07 Å². The third-order valence-electron chi connectivity index (χ3n) is 5.89. The molecule has 30 heavy (non-hydrogen) atoms. The molecular formula is C21H22N6O3. The molecular weight excluding hydrogens is 384 g/mol. The molecule has 5 heterocycles. The van der Waals surface area contributed by atoms with E-state index in [1.807, 2.05) is 36.5 Å². The average molecular weight is 406 g/mol. The largest absolute Gasteiger partial charge is 0.387 e. The number of likely N-dealkylation sites (tertiary alicyclic amines) is 1. The third-order valence-corrected chi connectivity index (χ3v) is 5.89. The standard InChI is InChI=1S/C21H22N6O3/c1-24-18-8-7-16(15-11-22-26-10-3-2-6-17(15)26)23-20(18)27(21(24)30)14-5-4-9-25(12-14)19(29)13-28/h2-3,6-8,10-11,14,28H,4-5,9,12-13H2,1H3/t14-/m0/s1. The molecule has 0 bridgehead atoms. The van der Waals surface area contributed by atoms with Crippen molar-refractivity contribution in [3.8, 4) is 11.3 Å². The van der Waals surface area contributed by atoms with E-state index in [2.05, 4.69) is 5.10 Å². The molecule has 0 radical (unpaired) electrons. The van der Waals surface area contributed by atoms with Crippen LogP contribution in [0.1, 0.15) is 18.9 Å². The van der Waals surface area contributed by atoms with Crippen molar-refractivity contribution >= 4 is 22.6 Å². The Bertz CT molecular complexity index is 1320. The number of amides is 1. The van der Waals surface area contributed by atoms with E-state index in [-0.39, 0.29) is 17.6 Å². The molecule has 1 aliphatic heterocycles. The van der Waals surface area contributed by atoms with E-state index in [9.17, 15) is 14.7 Å².